The van der Waals surface area contributed by atoms with E-state index in [2.05, 4.69) is 24.9 Å². The molecule has 0 bridgehead atoms. The first kappa shape index (κ1) is 14.6. The second-order valence-corrected chi connectivity index (χ2v) is 5.61. The molecule has 1 heterocycles. The van der Waals surface area contributed by atoms with E-state index < -0.39 is 0 Å². The van der Waals surface area contributed by atoms with Crippen LogP contribution in [0.15, 0.2) is 24.3 Å². The Kier molecular flexibility index (Phi) is 4.81. The van der Waals surface area contributed by atoms with Gasteiger partial charge in [-0.25, -0.2) is 0 Å². The van der Waals surface area contributed by atoms with Crippen molar-refractivity contribution in [2.75, 3.05) is 27.2 Å². The Bertz CT molecular complexity index is 499. The van der Waals surface area contributed by atoms with Crippen LogP contribution in [0.5, 0.6) is 0 Å². The first-order chi connectivity index (χ1) is 9.61. The average molecular weight is 270 g/mol. The summed E-state index contributed by atoms with van der Waals surface area (Å²) in [5.74, 6) is 2.71. The molecular formula is C17H22N2O. The highest BCUT2D eigenvalue weighted by molar-refractivity contribution is 5.94. The third-order valence-corrected chi connectivity index (χ3v) is 3.85. The highest BCUT2D eigenvalue weighted by atomic mass is 16.2. The lowest BCUT2D eigenvalue weighted by molar-refractivity contribution is 0.0725. The molecule has 3 nitrogen and oxygen atoms in total. The zero-order valence-electron chi connectivity index (χ0n) is 12.3. The van der Waals surface area contributed by atoms with Crippen LogP contribution < -0.4 is 0 Å². The van der Waals surface area contributed by atoms with Gasteiger partial charge in [-0.1, -0.05) is 5.92 Å². The Balaban J connectivity index is 2.04. The molecule has 2 rings (SSSR count). The van der Waals surface area contributed by atoms with Crippen LogP contribution >= 0.6 is 0 Å². The van der Waals surface area contributed by atoms with Gasteiger partial charge < -0.3 is 9.80 Å². The van der Waals surface area contributed by atoms with Crippen molar-refractivity contribution >= 4 is 5.91 Å². The SMILES string of the molecule is C#Cc1ccc(C(=O)N2CCCC2CCN(C)C)cc1. The predicted molar refractivity (Wildman–Crippen MR) is 81.6 cm³/mol. The standard InChI is InChI=1S/C17H22N2O/c1-4-14-7-9-15(10-8-14)17(20)19-12-5-6-16(19)11-13-18(2)3/h1,7-10,16H,5-6,11-13H2,2-3H3. The maximum absolute atomic E-state index is 12.6. The Labute approximate surface area is 121 Å². The minimum absolute atomic E-state index is 0.134. The number of amides is 1. The molecule has 0 radical (unpaired) electrons. The molecule has 0 N–H and O–H groups in total. The minimum atomic E-state index is 0.134. The molecule has 0 saturated carbocycles. The largest absolute Gasteiger partial charge is 0.336 e. The Hall–Kier alpha value is -1.79. The minimum Gasteiger partial charge on any atom is -0.336 e. The van der Waals surface area contributed by atoms with Crippen molar-refractivity contribution in [3.63, 3.8) is 0 Å². The van der Waals surface area contributed by atoms with Gasteiger partial charge in [-0.15, -0.1) is 6.42 Å². The van der Waals surface area contributed by atoms with Gasteiger partial charge in [0.25, 0.3) is 5.91 Å². The molecule has 0 aromatic heterocycles. The van der Waals surface area contributed by atoms with Crippen LogP contribution in [0.3, 0.4) is 0 Å². The van der Waals surface area contributed by atoms with Crippen molar-refractivity contribution < 1.29 is 4.79 Å². The van der Waals surface area contributed by atoms with Crippen LogP contribution in [0.25, 0.3) is 0 Å². The maximum atomic E-state index is 12.6. The van der Waals surface area contributed by atoms with Crippen molar-refractivity contribution in [3.8, 4) is 12.3 Å². The number of carbonyl (C=O) groups is 1. The molecule has 0 aliphatic carbocycles. The fourth-order valence-electron chi connectivity index (χ4n) is 2.69. The van der Waals surface area contributed by atoms with E-state index in [1.165, 1.54) is 0 Å². The van der Waals surface area contributed by atoms with Crippen LogP contribution in [0, 0.1) is 12.3 Å². The van der Waals surface area contributed by atoms with Crippen LogP contribution in [-0.2, 0) is 0 Å². The molecule has 3 heteroatoms. The van der Waals surface area contributed by atoms with Gasteiger partial charge >= 0.3 is 0 Å². The quantitative estimate of drug-likeness (QED) is 0.783. The molecule has 1 unspecified atom stereocenters. The summed E-state index contributed by atoms with van der Waals surface area (Å²) in [6, 6.07) is 7.70. The summed E-state index contributed by atoms with van der Waals surface area (Å²) < 4.78 is 0. The summed E-state index contributed by atoms with van der Waals surface area (Å²) in [5, 5.41) is 0. The van der Waals surface area contributed by atoms with Gasteiger partial charge in [0.1, 0.15) is 0 Å². The Morgan fingerprint density at radius 3 is 2.70 bits per heavy atom. The van der Waals surface area contributed by atoms with Gasteiger partial charge in [0.15, 0.2) is 0 Å². The molecule has 1 amide bonds. The first-order valence-electron chi connectivity index (χ1n) is 7.14. The van der Waals surface area contributed by atoms with E-state index in [-0.39, 0.29) is 5.91 Å². The zero-order chi connectivity index (χ0) is 14.5. The molecule has 20 heavy (non-hydrogen) atoms. The molecule has 106 valence electrons. The number of likely N-dealkylation sites (tertiary alicyclic amines) is 1. The van der Waals surface area contributed by atoms with Gasteiger partial charge in [0.2, 0.25) is 0 Å². The molecule has 1 fully saturated rings. The lowest BCUT2D eigenvalue weighted by Gasteiger charge is -2.26. The number of terminal acetylenes is 1. The van der Waals surface area contributed by atoms with Crippen LogP contribution in [0.2, 0.25) is 0 Å². The third kappa shape index (κ3) is 3.40. The molecule has 0 spiro atoms. The van der Waals surface area contributed by atoms with E-state index >= 15 is 0 Å². The summed E-state index contributed by atoms with van der Waals surface area (Å²) in [4.78, 5) is 16.8. The molecule has 1 aromatic carbocycles. The van der Waals surface area contributed by atoms with Crippen molar-refractivity contribution in [1.82, 2.24) is 9.80 Å². The molecular weight excluding hydrogens is 248 g/mol. The summed E-state index contributed by atoms with van der Waals surface area (Å²) in [6.45, 7) is 1.89. The van der Waals surface area contributed by atoms with Crippen LogP contribution in [0.1, 0.15) is 35.2 Å². The normalized spacial score (nSPS) is 18.3. The topological polar surface area (TPSA) is 23.6 Å². The van der Waals surface area contributed by atoms with Crippen molar-refractivity contribution in [1.29, 1.82) is 0 Å². The van der Waals surface area contributed by atoms with E-state index in [1.54, 1.807) is 0 Å². The summed E-state index contributed by atoms with van der Waals surface area (Å²) >= 11 is 0. The number of carbonyl (C=O) groups excluding carboxylic acids is 1. The fourth-order valence-corrected chi connectivity index (χ4v) is 2.69. The third-order valence-electron chi connectivity index (χ3n) is 3.85. The molecule has 1 aliphatic rings. The van der Waals surface area contributed by atoms with Crippen molar-refractivity contribution in [2.24, 2.45) is 0 Å². The maximum Gasteiger partial charge on any atom is 0.254 e. The number of hydrogen-bond donors (Lipinski definition) is 0. The highest BCUT2D eigenvalue weighted by Crippen LogP contribution is 2.22. The van der Waals surface area contributed by atoms with Crippen molar-refractivity contribution in [3.05, 3.63) is 35.4 Å². The van der Waals surface area contributed by atoms with Gasteiger partial charge in [-0.2, -0.15) is 0 Å². The second kappa shape index (κ2) is 6.58. The first-order valence-corrected chi connectivity index (χ1v) is 7.14. The highest BCUT2D eigenvalue weighted by Gasteiger charge is 2.28. The van der Waals surface area contributed by atoms with E-state index in [4.69, 9.17) is 6.42 Å². The fraction of sp³-hybridized carbons (Fsp3) is 0.471. The predicted octanol–water partition coefficient (Wildman–Crippen LogP) is 2.22. The smallest absolute Gasteiger partial charge is 0.254 e. The summed E-state index contributed by atoms with van der Waals surface area (Å²) in [5.41, 5.74) is 1.55. The Morgan fingerprint density at radius 2 is 2.10 bits per heavy atom. The van der Waals surface area contributed by atoms with Crippen molar-refractivity contribution in [2.45, 2.75) is 25.3 Å². The van der Waals surface area contributed by atoms with E-state index in [9.17, 15) is 4.79 Å². The van der Waals surface area contributed by atoms with E-state index in [0.717, 1.165) is 43.5 Å². The van der Waals surface area contributed by atoms with Gasteiger partial charge in [-0.3, -0.25) is 4.79 Å². The van der Waals surface area contributed by atoms with Gasteiger partial charge in [0.05, 0.1) is 0 Å². The number of rotatable bonds is 4. The second-order valence-electron chi connectivity index (χ2n) is 5.61. The average Bonchev–Trinajstić information content (AvgIpc) is 2.93. The molecule has 1 saturated heterocycles. The molecule has 1 aliphatic heterocycles. The lowest BCUT2D eigenvalue weighted by Crippen LogP contribution is -2.37. The van der Waals surface area contributed by atoms with E-state index in [1.807, 2.05) is 29.2 Å². The van der Waals surface area contributed by atoms with Gasteiger partial charge in [0, 0.05) is 23.7 Å². The summed E-state index contributed by atoms with van der Waals surface area (Å²) in [6.07, 6.45) is 8.60. The summed E-state index contributed by atoms with van der Waals surface area (Å²) in [7, 11) is 4.14. The van der Waals surface area contributed by atoms with Crippen LogP contribution in [-0.4, -0.2) is 48.9 Å². The number of hydrogen-bond acceptors (Lipinski definition) is 2. The number of benzene rings is 1. The lowest BCUT2D eigenvalue weighted by atomic mass is 10.1. The van der Waals surface area contributed by atoms with Crippen LogP contribution in [0.4, 0.5) is 0 Å². The zero-order valence-corrected chi connectivity index (χ0v) is 12.3. The monoisotopic (exact) mass is 270 g/mol. The number of nitrogens with zero attached hydrogens (tertiary/aromatic N) is 2. The van der Waals surface area contributed by atoms with E-state index in [0.29, 0.717) is 6.04 Å². The molecule has 1 atom stereocenters. The Morgan fingerprint density at radius 1 is 1.40 bits per heavy atom. The van der Waals surface area contributed by atoms with Gasteiger partial charge in [-0.05, 0) is 64.2 Å². The molecule has 1 aromatic rings.